The number of ether oxygens (including phenoxy) is 1. The maximum Gasteiger partial charge on any atom is 0.253 e. The molecule has 29 heavy (non-hydrogen) atoms. The van der Waals surface area contributed by atoms with Gasteiger partial charge in [-0.2, -0.15) is 0 Å². The molecule has 0 unspecified atom stereocenters. The van der Waals surface area contributed by atoms with E-state index >= 15 is 0 Å². The molecule has 2 fully saturated rings. The minimum absolute atomic E-state index is 0.0645. The number of primary amides is 1. The number of hydrogen-bond donors (Lipinski definition) is 2. The number of fused-ring (bicyclic) bond motifs is 1. The van der Waals surface area contributed by atoms with Crippen LogP contribution in [0.1, 0.15) is 31.2 Å². The number of aryl methyl sites for hydroxylation is 1. The molecule has 1 aromatic carbocycles. The molecular formula is C21H27ClN4O3. The maximum atomic E-state index is 13.0. The summed E-state index contributed by atoms with van der Waals surface area (Å²) in [6.07, 6.45) is 4.59. The third-order valence-electron chi connectivity index (χ3n) is 5.55. The van der Waals surface area contributed by atoms with Gasteiger partial charge in [0.05, 0.1) is 11.6 Å². The van der Waals surface area contributed by atoms with Gasteiger partial charge in [0.1, 0.15) is 6.10 Å². The molecule has 1 aliphatic heterocycles. The summed E-state index contributed by atoms with van der Waals surface area (Å²) in [6, 6.07) is 6.43. The number of nitrogens with zero attached hydrogens (tertiary/aromatic N) is 2. The lowest BCUT2D eigenvalue weighted by molar-refractivity contribution is -0.146. The van der Waals surface area contributed by atoms with Crippen LogP contribution in [-0.2, 0) is 27.4 Å². The first-order valence-corrected chi connectivity index (χ1v) is 10.6. The summed E-state index contributed by atoms with van der Waals surface area (Å²) in [5.74, 6) is -0.235. The molecule has 3 N–H and O–H groups in total. The lowest BCUT2D eigenvalue weighted by Crippen LogP contribution is -2.49. The van der Waals surface area contributed by atoms with Crippen LogP contribution in [0, 0.1) is 0 Å². The molecule has 2 amide bonds. The fourth-order valence-corrected chi connectivity index (χ4v) is 4.16. The van der Waals surface area contributed by atoms with Gasteiger partial charge in [0.2, 0.25) is 5.91 Å². The molecule has 1 atom stereocenters. The molecule has 1 saturated heterocycles. The third-order valence-corrected chi connectivity index (χ3v) is 5.85. The number of hydrogen-bond acceptors (Lipinski definition) is 4. The van der Waals surface area contributed by atoms with Gasteiger partial charge in [0, 0.05) is 55.7 Å². The SMILES string of the molecule is NC(=O)CCCn1cc(Cl)c2ccc(CN(C(=O)[C@H]3CNCCO3)C3CC3)cc21. The fourth-order valence-electron chi connectivity index (χ4n) is 3.88. The minimum atomic E-state index is -0.403. The number of rotatable bonds is 8. The van der Waals surface area contributed by atoms with E-state index in [2.05, 4.69) is 16.0 Å². The van der Waals surface area contributed by atoms with E-state index in [-0.39, 0.29) is 11.8 Å². The normalized spacial score (nSPS) is 19.4. The Hall–Kier alpha value is -2.09. The fraction of sp³-hybridized carbons (Fsp3) is 0.524. The summed E-state index contributed by atoms with van der Waals surface area (Å²) < 4.78 is 7.74. The quantitative estimate of drug-likeness (QED) is 0.686. The summed E-state index contributed by atoms with van der Waals surface area (Å²) >= 11 is 6.39. The van der Waals surface area contributed by atoms with Crippen LogP contribution in [0.5, 0.6) is 0 Å². The number of carbonyl (C=O) groups excluding carboxylic acids is 2. The highest BCUT2D eigenvalue weighted by Crippen LogP contribution is 2.31. The van der Waals surface area contributed by atoms with Crippen LogP contribution in [0.3, 0.4) is 0 Å². The van der Waals surface area contributed by atoms with E-state index in [9.17, 15) is 9.59 Å². The number of benzene rings is 1. The molecule has 0 spiro atoms. The van der Waals surface area contributed by atoms with Gasteiger partial charge < -0.3 is 25.3 Å². The molecule has 2 aromatic rings. The highest BCUT2D eigenvalue weighted by atomic mass is 35.5. The number of morpholine rings is 1. The Bertz CT molecular complexity index is 903. The molecule has 1 aliphatic carbocycles. The van der Waals surface area contributed by atoms with Crippen LogP contribution >= 0.6 is 11.6 Å². The Kier molecular flexibility index (Phi) is 6.08. The van der Waals surface area contributed by atoms with Gasteiger partial charge in [0.25, 0.3) is 5.91 Å². The molecule has 1 saturated carbocycles. The molecule has 0 radical (unpaired) electrons. The largest absolute Gasteiger partial charge is 0.370 e. The van der Waals surface area contributed by atoms with Gasteiger partial charge in [-0.15, -0.1) is 0 Å². The Morgan fingerprint density at radius 1 is 1.34 bits per heavy atom. The first-order chi connectivity index (χ1) is 14.0. The van der Waals surface area contributed by atoms with Crippen molar-refractivity contribution < 1.29 is 14.3 Å². The lowest BCUT2D eigenvalue weighted by atomic mass is 10.1. The van der Waals surface area contributed by atoms with Crippen molar-refractivity contribution in [3.63, 3.8) is 0 Å². The highest BCUT2D eigenvalue weighted by molar-refractivity contribution is 6.35. The van der Waals surface area contributed by atoms with E-state index in [4.69, 9.17) is 22.1 Å². The van der Waals surface area contributed by atoms with Crippen LogP contribution in [0.4, 0.5) is 0 Å². The van der Waals surface area contributed by atoms with Gasteiger partial charge in [-0.25, -0.2) is 0 Å². The van der Waals surface area contributed by atoms with Crippen molar-refractivity contribution in [1.29, 1.82) is 0 Å². The molecule has 0 bridgehead atoms. The maximum absolute atomic E-state index is 13.0. The smallest absolute Gasteiger partial charge is 0.253 e. The monoisotopic (exact) mass is 418 g/mol. The highest BCUT2D eigenvalue weighted by Gasteiger charge is 2.36. The third kappa shape index (κ3) is 4.74. The molecular weight excluding hydrogens is 392 g/mol. The van der Waals surface area contributed by atoms with Crippen LogP contribution in [0.2, 0.25) is 5.02 Å². The van der Waals surface area contributed by atoms with Crippen molar-refractivity contribution in [2.24, 2.45) is 5.73 Å². The summed E-state index contributed by atoms with van der Waals surface area (Å²) in [5.41, 5.74) is 7.32. The van der Waals surface area contributed by atoms with Crippen molar-refractivity contribution in [3.05, 3.63) is 35.0 Å². The summed E-state index contributed by atoms with van der Waals surface area (Å²) in [4.78, 5) is 26.0. The standard InChI is InChI=1S/C21H27ClN4O3/c22-17-13-25(8-1-2-20(23)27)18-10-14(3-6-16(17)18)12-26(15-4-5-15)21(28)19-11-24-7-9-29-19/h3,6,10,13,15,19,24H,1-2,4-5,7-9,11-12H2,(H2,23,27)/t19-/m1/s1. The second-order valence-electron chi connectivity index (χ2n) is 7.85. The molecule has 8 heteroatoms. The molecule has 2 heterocycles. The number of nitrogens with one attached hydrogen (secondary N) is 1. The molecule has 2 aliphatic rings. The van der Waals surface area contributed by atoms with Gasteiger partial charge in [0.15, 0.2) is 0 Å². The Labute approximate surface area is 175 Å². The molecule has 7 nitrogen and oxygen atoms in total. The Balaban J connectivity index is 1.53. The molecule has 4 rings (SSSR count). The zero-order valence-corrected chi connectivity index (χ0v) is 17.2. The van der Waals surface area contributed by atoms with E-state index in [0.717, 1.165) is 35.9 Å². The summed E-state index contributed by atoms with van der Waals surface area (Å²) in [5, 5.41) is 4.89. The predicted molar refractivity (Wildman–Crippen MR) is 112 cm³/mol. The van der Waals surface area contributed by atoms with Gasteiger partial charge in [-0.1, -0.05) is 23.7 Å². The minimum Gasteiger partial charge on any atom is -0.370 e. The van der Waals surface area contributed by atoms with Crippen molar-refractivity contribution in [3.8, 4) is 0 Å². The van der Waals surface area contributed by atoms with Gasteiger partial charge in [-0.3, -0.25) is 9.59 Å². The first-order valence-electron chi connectivity index (χ1n) is 10.2. The predicted octanol–water partition coefficient (Wildman–Crippen LogP) is 2.04. The van der Waals surface area contributed by atoms with Crippen LogP contribution < -0.4 is 11.1 Å². The van der Waals surface area contributed by atoms with Crippen molar-refractivity contribution in [2.45, 2.75) is 50.9 Å². The zero-order valence-electron chi connectivity index (χ0n) is 16.4. The Morgan fingerprint density at radius 2 is 2.17 bits per heavy atom. The number of carbonyl (C=O) groups is 2. The lowest BCUT2D eigenvalue weighted by Gasteiger charge is -2.30. The van der Waals surface area contributed by atoms with E-state index in [1.54, 1.807) is 0 Å². The number of halogens is 1. The Morgan fingerprint density at radius 3 is 2.86 bits per heavy atom. The van der Waals surface area contributed by atoms with Crippen LogP contribution in [0.25, 0.3) is 10.9 Å². The number of aromatic nitrogens is 1. The van der Waals surface area contributed by atoms with Crippen LogP contribution in [-0.4, -0.2) is 53.1 Å². The van der Waals surface area contributed by atoms with Gasteiger partial charge >= 0.3 is 0 Å². The van der Waals surface area contributed by atoms with Crippen LogP contribution in [0.15, 0.2) is 24.4 Å². The topological polar surface area (TPSA) is 89.6 Å². The number of amides is 2. The number of nitrogens with two attached hydrogens (primary N) is 1. The average molecular weight is 419 g/mol. The summed E-state index contributed by atoms with van der Waals surface area (Å²) in [7, 11) is 0. The first kappa shape index (κ1) is 20.2. The second-order valence-corrected chi connectivity index (χ2v) is 8.26. The van der Waals surface area contributed by atoms with Crippen molar-refractivity contribution >= 4 is 34.3 Å². The van der Waals surface area contributed by atoms with Gasteiger partial charge in [-0.05, 0) is 30.9 Å². The van der Waals surface area contributed by atoms with E-state index in [1.165, 1.54) is 0 Å². The van der Waals surface area contributed by atoms with E-state index < -0.39 is 6.10 Å². The van der Waals surface area contributed by atoms with E-state index in [1.807, 2.05) is 23.2 Å². The summed E-state index contributed by atoms with van der Waals surface area (Å²) in [6.45, 7) is 3.15. The van der Waals surface area contributed by atoms with Crippen molar-refractivity contribution in [1.82, 2.24) is 14.8 Å². The molecule has 156 valence electrons. The van der Waals surface area contributed by atoms with Crippen molar-refractivity contribution in [2.75, 3.05) is 19.7 Å². The van der Waals surface area contributed by atoms with E-state index in [0.29, 0.717) is 50.1 Å². The zero-order chi connectivity index (χ0) is 20.4. The molecule has 1 aromatic heterocycles. The average Bonchev–Trinajstić information content (AvgIpc) is 3.51. The second kappa shape index (κ2) is 8.73.